The smallest absolute Gasteiger partial charge is 0.342 e. The van der Waals surface area contributed by atoms with Crippen LogP contribution < -0.4 is 4.74 Å². The number of piperazine rings is 1. The van der Waals surface area contributed by atoms with Gasteiger partial charge >= 0.3 is 5.97 Å². The molecular formula is C29H30N4O5. The maximum absolute atomic E-state index is 13.8. The minimum Gasteiger partial charge on any atom is -0.497 e. The van der Waals surface area contributed by atoms with E-state index in [9.17, 15) is 14.4 Å². The van der Waals surface area contributed by atoms with Gasteiger partial charge < -0.3 is 19.3 Å². The zero-order chi connectivity index (χ0) is 27.2. The van der Waals surface area contributed by atoms with Gasteiger partial charge in [0, 0.05) is 36.8 Å². The van der Waals surface area contributed by atoms with E-state index in [1.807, 2.05) is 37.3 Å². The van der Waals surface area contributed by atoms with E-state index in [1.54, 1.807) is 48.1 Å². The molecule has 0 spiro atoms. The van der Waals surface area contributed by atoms with E-state index in [2.05, 4.69) is 16.5 Å². The number of carbonyl (C=O) groups is 3. The van der Waals surface area contributed by atoms with Crippen LogP contribution >= 0.6 is 0 Å². The molecular weight excluding hydrogens is 484 g/mol. The number of aryl methyl sites for hydroxylation is 1. The maximum atomic E-state index is 13.8. The van der Waals surface area contributed by atoms with E-state index < -0.39 is 11.9 Å². The second-order valence-electron chi connectivity index (χ2n) is 8.94. The van der Waals surface area contributed by atoms with E-state index in [1.165, 1.54) is 6.08 Å². The second-order valence-corrected chi connectivity index (χ2v) is 8.94. The predicted octanol–water partition coefficient (Wildman–Crippen LogP) is 3.79. The standard InChI is InChI=1S/C29H30N4O5/c1-5-16-38-29(36)24-20(3)30-26(21-10-7-6-8-11-21)31-25(24)28(35)32-14-15-33(19(2)18-32)27(34)22-12-9-13-23(17-22)37-4/h5-13,17,19H,1,14-16,18H2,2-4H3. The normalized spacial score (nSPS) is 15.1. The van der Waals surface area contributed by atoms with Gasteiger partial charge in [-0.05, 0) is 32.0 Å². The van der Waals surface area contributed by atoms with Crippen molar-refractivity contribution >= 4 is 17.8 Å². The highest BCUT2D eigenvalue weighted by Crippen LogP contribution is 2.23. The Labute approximate surface area is 221 Å². The molecule has 1 aliphatic rings. The molecule has 1 aromatic heterocycles. The molecule has 1 saturated heterocycles. The van der Waals surface area contributed by atoms with Crippen LogP contribution in [0, 0.1) is 6.92 Å². The van der Waals surface area contributed by atoms with Crippen LogP contribution in [0.1, 0.15) is 43.8 Å². The largest absolute Gasteiger partial charge is 0.497 e. The number of esters is 1. The highest BCUT2D eigenvalue weighted by Gasteiger charge is 2.34. The quantitative estimate of drug-likeness (QED) is 0.349. The Morgan fingerprint density at radius 1 is 1.05 bits per heavy atom. The lowest BCUT2D eigenvalue weighted by Crippen LogP contribution is -2.55. The monoisotopic (exact) mass is 514 g/mol. The summed E-state index contributed by atoms with van der Waals surface area (Å²) in [5.74, 6) is -0.307. The van der Waals surface area contributed by atoms with Crippen molar-refractivity contribution in [3.8, 4) is 17.1 Å². The topological polar surface area (TPSA) is 102 Å². The van der Waals surface area contributed by atoms with Gasteiger partial charge in [0.15, 0.2) is 5.82 Å². The molecule has 9 heteroatoms. The molecule has 0 saturated carbocycles. The fraction of sp³-hybridized carbons (Fsp3) is 0.276. The molecule has 1 fully saturated rings. The van der Waals surface area contributed by atoms with Crippen molar-refractivity contribution in [1.29, 1.82) is 0 Å². The van der Waals surface area contributed by atoms with Crippen molar-refractivity contribution in [3.05, 3.63) is 89.8 Å². The Kier molecular flexibility index (Phi) is 8.15. The van der Waals surface area contributed by atoms with Crippen molar-refractivity contribution in [2.45, 2.75) is 19.9 Å². The van der Waals surface area contributed by atoms with Crippen LogP contribution in [0.5, 0.6) is 5.75 Å². The summed E-state index contributed by atoms with van der Waals surface area (Å²) in [7, 11) is 1.55. The number of ether oxygens (including phenoxy) is 2. The number of amides is 2. The number of carbonyl (C=O) groups excluding carboxylic acids is 3. The lowest BCUT2D eigenvalue weighted by molar-refractivity contribution is 0.0407. The average molecular weight is 515 g/mol. The highest BCUT2D eigenvalue weighted by atomic mass is 16.5. The van der Waals surface area contributed by atoms with Crippen LogP contribution in [0.2, 0.25) is 0 Å². The predicted molar refractivity (Wildman–Crippen MR) is 142 cm³/mol. The zero-order valence-electron chi connectivity index (χ0n) is 21.7. The first-order valence-electron chi connectivity index (χ1n) is 12.3. The van der Waals surface area contributed by atoms with Crippen LogP contribution in [-0.2, 0) is 4.74 Å². The minimum absolute atomic E-state index is 0.00552. The van der Waals surface area contributed by atoms with Crippen LogP contribution in [0.3, 0.4) is 0 Å². The Bertz CT molecular complexity index is 1360. The minimum atomic E-state index is -0.690. The Morgan fingerprint density at radius 2 is 1.82 bits per heavy atom. The molecule has 0 aliphatic carbocycles. The molecule has 0 radical (unpaired) electrons. The van der Waals surface area contributed by atoms with Gasteiger partial charge in [0.2, 0.25) is 0 Å². The molecule has 3 aromatic rings. The third-order valence-corrected chi connectivity index (χ3v) is 6.35. The summed E-state index contributed by atoms with van der Waals surface area (Å²) in [6.45, 7) is 7.99. The van der Waals surface area contributed by atoms with Gasteiger partial charge in [0.05, 0.1) is 12.8 Å². The van der Waals surface area contributed by atoms with Crippen LogP contribution in [0.15, 0.2) is 67.3 Å². The van der Waals surface area contributed by atoms with Crippen LogP contribution in [0.25, 0.3) is 11.4 Å². The number of rotatable bonds is 7. The molecule has 4 rings (SSSR count). The second kappa shape index (κ2) is 11.7. The van der Waals surface area contributed by atoms with Crippen molar-refractivity contribution in [2.75, 3.05) is 33.4 Å². The Hall–Kier alpha value is -4.53. The summed E-state index contributed by atoms with van der Waals surface area (Å²) < 4.78 is 10.5. The average Bonchev–Trinajstić information content (AvgIpc) is 2.95. The van der Waals surface area contributed by atoms with E-state index in [4.69, 9.17) is 9.47 Å². The number of nitrogens with zero attached hydrogens (tertiary/aromatic N) is 4. The zero-order valence-corrected chi connectivity index (χ0v) is 21.7. The summed E-state index contributed by atoms with van der Waals surface area (Å²) >= 11 is 0. The van der Waals surface area contributed by atoms with Gasteiger partial charge in [-0.2, -0.15) is 0 Å². The van der Waals surface area contributed by atoms with Crippen molar-refractivity contribution < 1.29 is 23.9 Å². The van der Waals surface area contributed by atoms with E-state index in [0.29, 0.717) is 29.4 Å². The summed E-state index contributed by atoms with van der Waals surface area (Å²) in [5.41, 5.74) is 1.58. The number of hydrogen-bond donors (Lipinski definition) is 0. The molecule has 2 heterocycles. The molecule has 1 aliphatic heterocycles. The van der Waals surface area contributed by atoms with Gasteiger partial charge in [0.1, 0.15) is 23.6 Å². The molecule has 38 heavy (non-hydrogen) atoms. The molecule has 1 atom stereocenters. The molecule has 0 bridgehead atoms. The Balaban J connectivity index is 1.62. The molecule has 2 amide bonds. The highest BCUT2D eigenvalue weighted by molar-refractivity contribution is 6.05. The van der Waals surface area contributed by atoms with Crippen LogP contribution in [0.4, 0.5) is 0 Å². The molecule has 0 N–H and O–H groups in total. The fourth-order valence-electron chi connectivity index (χ4n) is 4.41. The van der Waals surface area contributed by atoms with Crippen LogP contribution in [-0.4, -0.2) is 76.9 Å². The summed E-state index contributed by atoms with van der Waals surface area (Å²) in [5, 5.41) is 0. The SMILES string of the molecule is C=CCOC(=O)c1c(C)nc(-c2ccccc2)nc1C(=O)N1CCN(C(=O)c2cccc(OC)c2)C(C)C1. The molecule has 1 unspecified atom stereocenters. The number of hydrogen-bond acceptors (Lipinski definition) is 7. The van der Waals surface area contributed by atoms with Crippen molar-refractivity contribution in [3.63, 3.8) is 0 Å². The number of methoxy groups -OCH3 is 1. The van der Waals surface area contributed by atoms with Gasteiger partial charge in [0.25, 0.3) is 11.8 Å². The fourth-order valence-corrected chi connectivity index (χ4v) is 4.41. The number of benzene rings is 2. The van der Waals surface area contributed by atoms with Crippen molar-refractivity contribution in [1.82, 2.24) is 19.8 Å². The third kappa shape index (κ3) is 5.56. The van der Waals surface area contributed by atoms with E-state index in [-0.39, 0.29) is 42.9 Å². The van der Waals surface area contributed by atoms with E-state index >= 15 is 0 Å². The van der Waals surface area contributed by atoms with E-state index in [0.717, 1.165) is 5.56 Å². The summed E-state index contributed by atoms with van der Waals surface area (Å²) in [4.78, 5) is 52.3. The first-order valence-corrected chi connectivity index (χ1v) is 12.3. The lowest BCUT2D eigenvalue weighted by Gasteiger charge is -2.40. The third-order valence-electron chi connectivity index (χ3n) is 6.35. The summed E-state index contributed by atoms with van der Waals surface area (Å²) in [6, 6.07) is 16.0. The molecule has 2 aromatic carbocycles. The summed E-state index contributed by atoms with van der Waals surface area (Å²) in [6.07, 6.45) is 1.45. The first-order chi connectivity index (χ1) is 18.3. The first kappa shape index (κ1) is 26.5. The van der Waals surface area contributed by atoms with Gasteiger partial charge in [-0.25, -0.2) is 14.8 Å². The Morgan fingerprint density at radius 3 is 2.50 bits per heavy atom. The maximum Gasteiger partial charge on any atom is 0.342 e. The van der Waals surface area contributed by atoms with Gasteiger partial charge in [-0.1, -0.05) is 49.1 Å². The lowest BCUT2D eigenvalue weighted by atomic mass is 10.1. The van der Waals surface area contributed by atoms with Gasteiger partial charge in [-0.3, -0.25) is 9.59 Å². The van der Waals surface area contributed by atoms with Gasteiger partial charge in [-0.15, -0.1) is 0 Å². The molecule has 196 valence electrons. The molecule has 9 nitrogen and oxygen atoms in total. The number of aromatic nitrogens is 2. The van der Waals surface area contributed by atoms with Crippen molar-refractivity contribution in [2.24, 2.45) is 0 Å².